The Kier molecular flexibility index (Phi) is 6.51. The van der Waals surface area contributed by atoms with Crippen molar-refractivity contribution in [3.8, 4) is 5.75 Å². The number of likely N-dealkylation sites (tertiary alicyclic amines) is 1. The normalized spacial score (nSPS) is 17.8. The molecule has 0 bridgehead atoms. The second-order valence-corrected chi connectivity index (χ2v) is 8.19. The number of benzene rings is 3. The zero-order valence-electron chi connectivity index (χ0n) is 17.7. The predicted molar refractivity (Wildman–Crippen MR) is 122 cm³/mol. The van der Waals surface area contributed by atoms with Crippen LogP contribution in [0.15, 0.2) is 84.9 Å². The van der Waals surface area contributed by atoms with Gasteiger partial charge in [0.1, 0.15) is 11.4 Å². The van der Waals surface area contributed by atoms with Gasteiger partial charge in [-0.2, -0.15) is 0 Å². The Morgan fingerprint density at radius 3 is 1.97 bits per heavy atom. The highest BCUT2D eigenvalue weighted by Gasteiger charge is 2.42. The molecule has 0 spiro atoms. The molecule has 3 aromatic carbocycles. The first-order valence-electron chi connectivity index (χ1n) is 10.9. The van der Waals surface area contributed by atoms with Gasteiger partial charge in [-0.1, -0.05) is 79.2 Å². The standard InChI is InChI=1S/C27H31NO2/c1-30-25-17-15-24(16-18-25)27(29,23-13-7-3-8-14-23)26(22-11-5-2-6-12-22)21-28-19-9-4-10-20-28/h2-3,5-8,11-18,26,29H,4,9-10,19-21H2,1H3/t26-,27-/m0/s1. The number of nitrogens with zero attached hydrogens (tertiary/aromatic N) is 1. The van der Waals surface area contributed by atoms with E-state index in [1.807, 2.05) is 60.7 Å². The van der Waals surface area contributed by atoms with Crippen LogP contribution in [0.2, 0.25) is 0 Å². The summed E-state index contributed by atoms with van der Waals surface area (Å²) < 4.78 is 5.36. The first kappa shape index (κ1) is 20.6. The third-order valence-corrected chi connectivity index (χ3v) is 6.34. The average molecular weight is 402 g/mol. The number of ether oxygens (including phenoxy) is 1. The van der Waals surface area contributed by atoms with Crippen molar-refractivity contribution in [2.24, 2.45) is 0 Å². The Morgan fingerprint density at radius 2 is 1.37 bits per heavy atom. The first-order chi connectivity index (χ1) is 14.7. The minimum Gasteiger partial charge on any atom is -0.497 e. The van der Waals surface area contributed by atoms with Crippen LogP contribution in [0.1, 0.15) is 41.9 Å². The summed E-state index contributed by atoms with van der Waals surface area (Å²) in [5.41, 5.74) is 1.82. The molecule has 1 heterocycles. The van der Waals surface area contributed by atoms with Crippen molar-refractivity contribution in [2.45, 2.75) is 30.8 Å². The molecule has 4 rings (SSSR count). The number of piperidine rings is 1. The van der Waals surface area contributed by atoms with Gasteiger partial charge in [0.05, 0.1) is 7.11 Å². The van der Waals surface area contributed by atoms with Crippen molar-refractivity contribution in [3.63, 3.8) is 0 Å². The largest absolute Gasteiger partial charge is 0.497 e. The number of aliphatic hydroxyl groups is 1. The van der Waals surface area contributed by atoms with Gasteiger partial charge in [0.25, 0.3) is 0 Å². The van der Waals surface area contributed by atoms with Crippen molar-refractivity contribution >= 4 is 0 Å². The fourth-order valence-electron chi connectivity index (χ4n) is 4.67. The van der Waals surface area contributed by atoms with Crippen molar-refractivity contribution in [1.82, 2.24) is 4.90 Å². The molecule has 1 fully saturated rings. The van der Waals surface area contributed by atoms with E-state index in [4.69, 9.17) is 4.74 Å². The maximum absolute atomic E-state index is 12.5. The van der Waals surface area contributed by atoms with Gasteiger partial charge in [0.2, 0.25) is 0 Å². The second kappa shape index (κ2) is 9.46. The van der Waals surface area contributed by atoms with Gasteiger partial charge in [-0.3, -0.25) is 0 Å². The topological polar surface area (TPSA) is 32.7 Å². The molecule has 0 radical (unpaired) electrons. The molecule has 0 aromatic heterocycles. The first-order valence-corrected chi connectivity index (χ1v) is 10.9. The molecule has 3 heteroatoms. The molecular formula is C27H31NO2. The molecule has 156 valence electrons. The smallest absolute Gasteiger partial charge is 0.123 e. The van der Waals surface area contributed by atoms with Crippen LogP contribution in [0.25, 0.3) is 0 Å². The van der Waals surface area contributed by atoms with Gasteiger partial charge >= 0.3 is 0 Å². The van der Waals surface area contributed by atoms with Gasteiger partial charge in [-0.05, 0) is 54.8 Å². The summed E-state index contributed by atoms with van der Waals surface area (Å²) in [6.07, 6.45) is 3.76. The van der Waals surface area contributed by atoms with Crippen molar-refractivity contribution in [2.75, 3.05) is 26.7 Å². The van der Waals surface area contributed by atoms with Crippen LogP contribution in [-0.2, 0) is 5.60 Å². The van der Waals surface area contributed by atoms with Crippen LogP contribution in [0.3, 0.4) is 0 Å². The maximum atomic E-state index is 12.5. The fourth-order valence-corrected chi connectivity index (χ4v) is 4.67. The van der Waals surface area contributed by atoms with Crippen LogP contribution < -0.4 is 4.74 Å². The third kappa shape index (κ3) is 4.28. The molecule has 0 unspecified atom stereocenters. The van der Waals surface area contributed by atoms with Crippen LogP contribution >= 0.6 is 0 Å². The molecule has 0 aliphatic carbocycles. The summed E-state index contributed by atoms with van der Waals surface area (Å²) in [6, 6.07) is 28.4. The summed E-state index contributed by atoms with van der Waals surface area (Å²) in [4.78, 5) is 2.51. The highest BCUT2D eigenvalue weighted by atomic mass is 16.5. The highest BCUT2D eigenvalue weighted by molar-refractivity contribution is 5.43. The van der Waals surface area contributed by atoms with Crippen LogP contribution in [0.5, 0.6) is 5.75 Å². The molecule has 30 heavy (non-hydrogen) atoms. The van der Waals surface area contributed by atoms with Crippen LogP contribution in [0.4, 0.5) is 0 Å². The monoisotopic (exact) mass is 401 g/mol. The Bertz CT molecular complexity index is 905. The van der Waals surface area contributed by atoms with Gasteiger partial charge < -0.3 is 14.7 Å². The third-order valence-electron chi connectivity index (χ3n) is 6.34. The molecule has 0 saturated carbocycles. The van der Waals surface area contributed by atoms with Crippen molar-refractivity contribution < 1.29 is 9.84 Å². The zero-order chi connectivity index (χ0) is 20.8. The fraction of sp³-hybridized carbons (Fsp3) is 0.333. The van der Waals surface area contributed by atoms with Gasteiger partial charge in [-0.25, -0.2) is 0 Å². The van der Waals surface area contributed by atoms with E-state index in [2.05, 4.69) is 29.2 Å². The molecule has 1 N–H and O–H groups in total. The van der Waals surface area contributed by atoms with E-state index in [9.17, 15) is 5.11 Å². The summed E-state index contributed by atoms with van der Waals surface area (Å²) in [5, 5.41) is 12.5. The SMILES string of the molecule is COc1ccc([C@@](O)(c2ccccc2)[C@@H](CN2CCCCC2)c2ccccc2)cc1. The molecule has 1 saturated heterocycles. The van der Waals surface area contributed by atoms with E-state index in [1.165, 1.54) is 19.3 Å². The summed E-state index contributed by atoms with van der Waals surface area (Å²) in [5.74, 6) is 0.703. The number of hydrogen-bond donors (Lipinski definition) is 1. The van der Waals surface area contributed by atoms with Gasteiger partial charge in [0, 0.05) is 12.5 Å². The average Bonchev–Trinajstić information content (AvgIpc) is 2.84. The van der Waals surface area contributed by atoms with Gasteiger partial charge in [-0.15, -0.1) is 0 Å². The lowest BCUT2D eigenvalue weighted by Gasteiger charge is -2.41. The lowest BCUT2D eigenvalue weighted by molar-refractivity contribution is 0.0310. The Morgan fingerprint density at radius 1 is 0.800 bits per heavy atom. The molecule has 3 aromatic rings. The predicted octanol–water partition coefficient (Wildman–Crippen LogP) is 5.20. The lowest BCUT2D eigenvalue weighted by atomic mass is 9.72. The van der Waals surface area contributed by atoms with Crippen LogP contribution in [0, 0.1) is 0 Å². The molecule has 1 aliphatic rings. The van der Waals surface area contributed by atoms with Crippen molar-refractivity contribution in [1.29, 1.82) is 0 Å². The van der Waals surface area contributed by atoms with E-state index in [-0.39, 0.29) is 5.92 Å². The summed E-state index contributed by atoms with van der Waals surface area (Å²) in [7, 11) is 1.67. The van der Waals surface area contributed by atoms with E-state index in [1.54, 1.807) is 7.11 Å². The Hall–Kier alpha value is -2.62. The quantitative estimate of drug-likeness (QED) is 0.591. The summed E-state index contributed by atoms with van der Waals surface area (Å²) in [6.45, 7) is 3.01. The van der Waals surface area contributed by atoms with E-state index < -0.39 is 5.60 Å². The van der Waals surface area contributed by atoms with Crippen molar-refractivity contribution in [3.05, 3.63) is 102 Å². The number of hydrogen-bond acceptors (Lipinski definition) is 3. The van der Waals surface area contributed by atoms with Crippen LogP contribution in [-0.4, -0.2) is 36.8 Å². The Balaban J connectivity index is 1.83. The maximum Gasteiger partial charge on any atom is 0.123 e. The zero-order valence-corrected chi connectivity index (χ0v) is 17.7. The summed E-state index contributed by atoms with van der Waals surface area (Å²) >= 11 is 0. The number of rotatable bonds is 7. The lowest BCUT2D eigenvalue weighted by Crippen LogP contribution is -2.43. The van der Waals surface area contributed by atoms with Gasteiger partial charge in [0.15, 0.2) is 0 Å². The molecular weight excluding hydrogens is 370 g/mol. The molecule has 3 nitrogen and oxygen atoms in total. The molecule has 0 amide bonds. The minimum absolute atomic E-state index is 0.0902. The van der Waals surface area contributed by atoms with E-state index >= 15 is 0 Å². The highest BCUT2D eigenvalue weighted by Crippen LogP contribution is 2.43. The number of methoxy groups -OCH3 is 1. The van der Waals surface area contributed by atoms with E-state index in [0.717, 1.165) is 42.1 Å². The van der Waals surface area contributed by atoms with E-state index in [0.29, 0.717) is 0 Å². The molecule has 2 atom stereocenters. The second-order valence-electron chi connectivity index (χ2n) is 8.19. The Labute approximate surface area is 179 Å². The molecule has 1 aliphatic heterocycles. The minimum atomic E-state index is -1.15.